The first-order valence-corrected chi connectivity index (χ1v) is 14.2. The second kappa shape index (κ2) is 13.3. The lowest BCUT2D eigenvalue weighted by molar-refractivity contribution is -0.149. The van der Waals surface area contributed by atoms with Gasteiger partial charge in [-0.2, -0.15) is 0 Å². The Morgan fingerprint density at radius 3 is 2.16 bits per heavy atom. The number of aliphatic hydroxyl groups is 1. The Morgan fingerprint density at radius 1 is 1.00 bits per heavy atom. The molecule has 5 N–H and O–H groups in total. The van der Waals surface area contributed by atoms with Crippen molar-refractivity contribution in [1.82, 2.24) is 25.8 Å². The predicted octanol–water partition coefficient (Wildman–Crippen LogP) is 1.45. The van der Waals surface area contributed by atoms with Crippen LogP contribution in [0.2, 0.25) is 0 Å². The van der Waals surface area contributed by atoms with Crippen molar-refractivity contribution in [1.29, 1.82) is 0 Å². The molecule has 2 heterocycles. The molecule has 6 atom stereocenters. The van der Waals surface area contributed by atoms with Crippen LogP contribution in [0, 0.1) is 40.9 Å². The number of pyridine rings is 1. The van der Waals surface area contributed by atoms with Crippen LogP contribution in [0.4, 0.5) is 22.0 Å². The number of likely N-dealkylation sites (N-methyl/N-ethyl adjacent to an activating group) is 1. The van der Waals surface area contributed by atoms with Gasteiger partial charge < -0.3 is 31.1 Å². The van der Waals surface area contributed by atoms with Gasteiger partial charge in [0.05, 0.1) is 24.1 Å². The van der Waals surface area contributed by atoms with Crippen molar-refractivity contribution in [3.63, 3.8) is 0 Å². The van der Waals surface area contributed by atoms with Crippen molar-refractivity contribution >= 4 is 23.6 Å². The number of benzene rings is 1. The average Bonchev–Trinajstić information content (AvgIpc) is 2.98. The SMILES string of the molecule is C[C@H]1NC(=O)C(C2CCC2)N(C)C(=O)[C@H](C)[C@H](O)[C@H](Cc2c(F)c(F)c(F)c(F)c2F)NC(=O)[C@H]1NC(=O)c1ncccc1O. The number of aliphatic hydroxyl groups excluding tert-OH is 1. The van der Waals surface area contributed by atoms with Gasteiger partial charge in [0.25, 0.3) is 5.91 Å². The molecule has 45 heavy (non-hydrogen) atoms. The molecule has 16 heteroatoms. The summed E-state index contributed by atoms with van der Waals surface area (Å²) in [5.41, 5.74) is -1.84. The summed E-state index contributed by atoms with van der Waals surface area (Å²) in [5.74, 6) is -17.2. The molecule has 0 spiro atoms. The molecule has 4 rings (SSSR count). The van der Waals surface area contributed by atoms with Gasteiger partial charge in [-0.05, 0) is 37.8 Å². The number of hydrogen-bond donors (Lipinski definition) is 5. The fourth-order valence-electron chi connectivity index (χ4n) is 5.59. The van der Waals surface area contributed by atoms with E-state index in [1.807, 2.05) is 0 Å². The van der Waals surface area contributed by atoms with Crippen LogP contribution in [0.5, 0.6) is 5.75 Å². The van der Waals surface area contributed by atoms with Gasteiger partial charge in [0.2, 0.25) is 23.5 Å². The lowest BCUT2D eigenvalue weighted by Gasteiger charge is -2.41. The van der Waals surface area contributed by atoms with E-state index in [1.54, 1.807) is 0 Å². The Balaban J connectivity index is 1.78. The fourth-order valence-corrected chi connectivity index (χ4v) is 5.59. The number of nitrogens with one attached hydrogen (secondary N) is 3. The normalized spacial score (nSPS) is 26.7. The third kappa shape index (κ3) is 6.55. The summed E-state index contributed by atoms with van der Waals surface area (Å²) < 4.78 is 71.2. The first kappa shape index (κ1) is 33.6. The number of nitrogens with zero attached hydrogens (tertiary/aromatic N) is 2. The fraction of sp³-hybridized carbons (Fsp3) is 0.483. The monoisotopic (exact) mass is 641 g/mol. The summed E-state index contributed by atoms with van der Waals surface area (Å²) in [7, 11) is 1.32. The molecule has 1 aromatic heterocycles. The standard InChI is InChI=1S/C29H32F5N5O6/c1-11-25(41)15(10-14-17(30)19(32)21(34)20(33)18(14)31)37-26(42)22(38-27(43)23-16(40)8-5-9-35-23)12(2)36-28(44)24(13-6-4-7-13)39(3)29(11)45/h5,8-9,11-13,15,22,24-25,40-41H,4,6-7,10H2,1-3H3,(H,36,44)(H,37,42)(H,38,43)/t11-,12-,15+,22+,24?,25+/m1/s1. The van der Waals surface area contributed by atoms with Gasteiger partial charge >= 0.3 is 0 Å². The minimum absolute atomic E-state index is 0.282. The number of halogens is 5. The molecular formula is C29H32F5N5O6. The highest BCUT2D eigenvalue weighted by Gasteiger charge is 2.44. The van der Waals surface area contributed by atoms with E-state index in [0.717, 1.165) is 17.4 Å². The van der Waals surface area contributed by atoms with Gasteiger partial charge in [-0.25, -0.2) is 26.9 Å². The van der Waals surface area contributed by atoms with Crippen molar-refractivity contribution in [3.05, 3.63) is 58.7 Å². The Labute approximate surface area is 254 Å². The van der Waals surface area contributed by atoms with Crippen LogP contribution in [-0.2, 0) is 20.8 Å². The minimum atomic E-state index is -2.41. The van der Waals surface area contributed by atoms with Crippen molar-refractivity contribution in [3.8, 4) is 5.75 Å². The van der Waals surface area contributed by atoms with Gasteiger partial charge in [0.15, 0.2) is 29.0 Å². The number of rotatable bonds is 5. The average molecular weight is 642 g/mol. The smallest absolute Gasteiger partial charge is 0.274 e. The highest BCUT2D eigenvalue weighted by atomic mass is 19.2. The molecule has 0 radical (unpaired) electrons. The Bertz CT molecular complexity index is 1480. The molecule has 1 unspecified atom stereocenters. The zero-order chi connectivity index (χ0) is 33.3. The number of hydrogen-bond acceptors (Lipinski definition) is 7. The van der Waals surface area contributed by atoms with Crippen LogP contribution in [0.1, 0.15) is 49.2 Å². The lowest BCUT2D eigenvalue weighted by Crippen LogP contribution is -2.65. The molecule has 2 aliphatic rings. The van der Waals surface area contributed by atoms with Gasteiger partial charge in [-0.1, -0.05) is 13.3 Å². The van der Waals surface area contributed by atoms with Crippen LogP contribution < -0.4 is 16.0 Å². The summed E-state index contributed by atoms with van der Waals surface area (Å²) in [4.78, 5) is 58.6. The van der Waals surface area contributed by atoms with Gasteiger partial charge in [0, 0.05) is 25.2 Å². The molecular weight excluding hydrogens is 609 g/mol. The second-order valence-corrected chi connectivity index (χ2v) is 11.4. The zero-order valence-electron chi connectivity index (χ0n) is 24.4. The van der Waals surface area contributed by atoms with Crippen LogP contribution in [0.25, 0.3) is 0 Å². The van der Waals surface area contributed by atoms with E-state index in [9.17, 15) is 51.3 Å². The van der Waals surface area contributed by atoms with E-state index < -0.39 is 112 Å². The molecule has 1 saturated carbocycles. The number of amides is 4. The number of carbonyl (C=O) groups is 4. The van der Waals surface area contributed by atoms with Crippen LogP contribution in [0.15, 0.2) is 18.3 Å². The molecule has 2 aromatic rings. The Morgan fingerprint density at radius 2 is 1.60 bits per heavy atom. The van der Waals surface area contributed by atoms with E-state index in [2.05, 4.69) is 20.9 Å². The highest BCUT2D eigenvalue weighted by Crippen LogP contribution is 2.33. The largest absolute Gasteiger partial charge is 0.505 e. The quantitative estimate of drug-likeness (QED) is 0.188. The Hall–Kier alpha value is -4.34. The third-order valence-electron chi connectivity index (χ3n) is 8.44. The van der Waals surface area contributed by atoms with Crippen LogP contribution in [0.3, 0.4) is 0 Å². The maximum absolute atomic E-state index is 14.7. The van der Waals surface area contributed by atoms with E-state index in [0.29, 0.717) is 12.8 Å². The highest BCUT2D eigenvalue weighted by molar-refractivity contribution is 5.98. The molecule has 4 amide bonds. The summed E-state index contributed by atoms with van der Waals surface area (Å²) in [5, 5.41) is 28.6. The van der Waals surface area contributed by atoms with Crippen LogP contribution in [-0.4, -0.2) is 81.0 Å². The molecule has 2 fully saturated rings. The molecule has 1 aromatic carbocycles. The first-order chi connectivity index (χ1) is 21.1. The first-order valence-electron chi connectivity index (χ1n) is 14.2. The van der Waals surface area contributed by atoms with Gasteiger partial charge in [-0.3, -0.25) is 19.2 Å². The van der Waals surface area contributed by atoms with Crippen molar-refractivity contribution in [2.24, 2.45) is 11.8 Å². The minimum Gasteiger partial charge on any atom is -0.505 e. The maximum atomic E-state index is 14.7. The number of aromatic hydroxyl groups is 1. The zero-order valence-corrected chi connectivity index (χ0v) is 24.4. The summed E-state index contributed by atoms with van der Waals surface area (Å²) in [6, 6.07) is -3.33. The Kier molecular flexibility index (Phi) is 9.95. The maximum Gasteiger partial charge on any atom is 0.274 e. The summed E-state index contributed by atoms with van der Waals surface area (Å²) in [6.45, 7) is 2.55. The molecule has 244 valence electrons. The van der Waals surface area contributed by atoms with Crippen LogP contribution >= 0.6 is 0 Å². The van der Waals surface area contributed by atoms with Gasteiger partial charge in [-0.15, -0.1) is 0 Å². The molecule has 0 bridgehead atoms. The summed E-state index contributed by atoms with van der Waals surface area (Å²) >= 11 is 0. The lowest BCUT2D eigenvalue weighted by atomic mass is 9.78. The number of aromatic nitrogens is 1. The molecule has 1 saturated heterocycles. The second-order valence-electron chi connectivity index (χ2n) is 11.4. The van der Waals surface area contributed by atoms with E-state index >= 15 is 0 Å². The number of carbonyl (C=O) groups excluding carboxylic acids is 4. The van der Waals surface area contributed by atoms with Crippen molar-refractivity contribution < 1.29 is 51.3 Å². The van der Waals surface area contributed by atoms with E-state index in [4.69, 9.17) is 0 Å². The van der Waals surface area contributed by atoms with E-state index in [-0.39, 0.29) is 5.92 Å². The molecule has 11 nitrogen and oxygen atoms in total. The van der Waals surface area contributed by atoms with Gasteiger partial charge in [0.1, 0.15) is 17.8 Å². The van der Waals surface area contributed by atoms with Crippen molar-refractivity contribution in [2.75, 3.05) is 7.05 Å². The molecule has 1 aliphatic carbocycles. The van der Waals surface area contributed by atoms with E-state index in [1.165, 1.54) is 33.2 Å². The molecule has 1 aliphatic heterocycles. The van der Waals surface area contributed by atoms with Crippen molar-refractivity contribution in [2.45, 2.75) is 69.8 Å². The topological polar surface area (TPSA) is 161 Å². The predicted molar refractivity (Wildman–Crippen MR) is 146 cm³/mol. The summed E-state index contributed by atoms with van der Waals surface area (Å²) in [6.07, 6.45) is 0.00834. The third-order valence-corrected chi connectivity index (χ3v) is 8.44.